The van der Waals surface area contributed by atoms with Crippen molar-refractivity contribution in [3.05, 3.63) is 108 Å². The maximum atomic E-state index is 13.7. The lowest BCUT2D eigenvalue weighted by Gasteiger charge is -2.38. The molecule has 240 valence electrons. The van der Waals surface area contributed by atoms with Crippen molar-refractivity contribution < 1.29 is 22.7 Å². The molecule has 1 aliphatic heterocycles. The quantitative estimate of drug-likeness (QED) is 0.172. The molecule has 0 aliphatic carbocycles. The van der Waals surface area contributed by atoms with Gasteiger partial charge in [-0.25, -0.2) is 18.2 Å². The lowest BCUT2D eigenvalue weighted by molar-refractivity contribution is 0.0999. The van der Waals surface area contributed by atoms with Crippen molar-refractivity contribution in [1.82, 2.24) is 9.88 Å². The van der Waals surface area contributed by atoms with E-state index in [-0.39, 0.29) is 23.5 Å². The van der Waals surface area contributed by atoms with Crippen molar-refractivity contribution in [3.63, 3.8) is 0 Å². The number of ether oxygens (including phenoxy) is 1. The van der Waals surface area contributed by atoms with Crippen LogP contribution in [0.1, 0.15) is 34.3 Å². The number of halogens is 1. The van der Waals surface area contributed by atoms with Gasteiger partial charge in [0.05, 0.1) is 6.26 Å². The van der Waals surface area contributed by atoms with E-state index in [1.54, 1.807) is 59.6 Å². The number of piperidine rings is 1. The van der Waals surface area contributed by atoms with Crippen molar-refractivity contribution >= 4 is 50.6 Å². The molecule has 1 fully saturated rings. The topological polar surface area (TPSA) is 147 Å². The van der Waals surface area contributed by atoms with E-state index in [1.165, 1.54) is 0 Å². The smallest absolute Gasteiger partial charge is 0.326 e. The number of amides is 3. The highest BCUT2D eigenvalue weighted by atomic mass is 35.5. The number of nitrogens with one attached hydrogen (secondary N) is 2. The summed E-state index contributed by atoms with van der Waals surface area (Å²) < 4.78 is 31.0. The first-order valence-electron chi connectivity index (χ1n) is 14.6. The average molecular weight is 663 g/mol. The fourth-order valence-corrected chi connectivity index (χ4v) is 6.15. The van der Waals surface area contributed by atoms with Crippen LogP contribution in [0.3, 0.4) is 0 Å². The summed E-state index contributed by atoms with van der Waals surface area (Å²) in [6, 6.07) is 24.5. The number of rotatable bonds is 11. The summed E-state index contributed by atoms with van der Waals surface area (Å²) in [5.41, 5.74) is 9.14. The summed E-state index contributed by atoms with van der Waals surface area (Å²) in [7, 11) is -3.35. The van der Waals surface area contributed by atoms with Gasteiger partial charge in [0.1, 0.15) is 5.75 Å². The van der Waals surface area contributed by atoms with E-state index >= 15 is 0 Å². The fourth-order valence-electron chi connectivity index (χ4n) is 5.35. The number of alkyl halides is 1. The standard InChI is InChI=1S/C33H35ClN6O5S/c1-46(43,44)38-25-10-12-29(13-11-25)45-31-14-7-23(21-36-31)22-39-17-15-28(16-18-39)40(27-5-3-2-4-6-27)33(42)37-26-9-8-24(20-34)30(19-26)32(35)41/h2-14,19,21,28,38H,15-18,20,22H2,1H3,(H2,35,41)(H,37,42). The lowest BCUT2D eigenvalue weighted by atomic mass is 10.0. The van der Waals surface area contributed by atoms with Gasteiger partial charge in [0, 0.05) is 66.4 Å². The number of sulfonamides is 1. The van der Waals surface area contributed by atoms with Crippen LogP contribution in [-0.4, -0.2) is 55.6 Å². The van der Waals surface area contributed by atoms with E-state index in [0.717, 1.165) is 43.4 Å². The number of primary amides is 1. The second-order valence-corrected chi connectivity index (χ2v) is 13.0. The number of urea groups is 1. The molecule has 2 heterocycles. The van der Waals surface area contributed by atoms with Crippen molar-refractivity contribution in [2.45, 2.75) is 31.3 Å². The molecule has 5 rings (SSSR count). The maximum Gasteiger partial charge on any atom is 0.326 e. The van der Waals surface area contributed by atoms with Crippen molar-refractivity contribution in [2.24, 2.45) is 5.73 Å². The first-order chi connectivity index (χ1) is 22.1. The van der Waals surface area contributed by atoms with Gasteiger partial charge in [-0.3, -0.25) is 19.3 Å². The van der Waals surface area contributed by atoms with E-state index in [4.69, 9.17) is 22.1 Å². The Balaban J connectivity index is 1.19. The van der Waals surface area contributed by atoms with Gasteiger partial charge in [0.15, 0.2) is 0 Å². The first kappa shape index (κ1) is 32.7. The van der Waals surface area contributed by atoms with E-state index in [0.29, 0.717) is 35.1 Å². The van der Waals surface area contributed by atoms with E-state index in [9.17, 15) is 18.0 Å². The molecule has 1 aliphatic rings. The third-order valence-electron chi connectivity index (χ3n) is 7.53. The van der Waals surface area contributed by atoms with Crippen LogP contribution in [0.25, 0.3) is 0 Å². The number of para-hydroxylation sites is 1. The summed E-state index contributed by atoms with van der Waals surface area (Å²) >= 11 is 5.95. The third-order valence-corrected chi connectivity index (χ3v) is 8.42. The Labute approximate surface area is 273 Å². The van der Waals surface area contributed by atoms with Crippen LogP contribution in [-0.2, 0) is 22.4 Å². The molecule has 0 spiro atoms. The number of aromatic nitrogens is 1. The minimum Gasteiger partial charge on any atom is -0.439 e. The van der Waals surface area contributed by atoms with Crippen LogP contribution in [0.2, 0.25) is 0 Å². The molecule has 0 atom stereocenters. The highest BCUT2D eigenvalue weighted by Gasteiger charge is 2.29. The van der Waals surface area contributed by atoms with Crippen LogP contribution in [0.4, 0.5) is 21.9 Å². The number of nitrogens with zero attached hydrogens (tertiary/aromatic N) is 3. The lowest BCUT2D eigenvalue weighted by Crippen LogP contribution is -2.49. The number of pyridine rings is 1. The second-order valence-electron chi connectivity index (χ2n) is 11.0. The Morgan fingerprint density at radius 1 is 1.00 bits per heavy atom. The van der Waals surface area contributed by atoms with E-state index in [2.05, 4.69) is 19.9 Å². The van der Waals surface area contributed by atoms with Gasteiger partial charge in [-0.2, -0.15) is 0 Å². The van der Waals surface area contributed by atoms with Crippen molar-refractivity contribution in [3.8, 4) is 11.6 Å². The predicted octanol–water partition coefficient (Wildman–Crippen LogP) is 5.79. The van der Waals surface area contributed by atoms with Crippen molar-refractivity contribution in [1.29, 1.82) is 0 Å². The van der Waals surface area contributed by atoms with Gasteiger partial charge in [0.2, 0.25) is 21.8 Å². The average Bonchev–Trinajstić information content (AvgIpc) is 3.03. The minimum absolute atomic E-state index is 0.0377. The summed E-state index contributed by atoms with van der Waals surface area (Å²) in [5.74, 6) is 0.496. The Morgan fingerprint density at radius 2 is 1.70 bits per heavy atom. The number of hydrogen-bond acceptors (Lipinski definition) is 7. The predicted molar refractivity (Wildman–Crippen MR) is 180 cm³/mol. The Hall–Kier alpha value is -4.65. The maximum absolute atomic E-state index is 13.7. The van der Waals surface area contributed by atoms with Gasteiger partial charge < -0.3 is 15.8 Å². The second kappa shape index (κ2) is 14.6. The van der Waals surface area contributed by atoms with Crippen LogP contribution in [0, 0.1) is 0 Å². The van der Waals surface area contributed by atoms with Gasteiger partial charge in [0.25, 0.3) is 0 Å². The van der Waals surface area contributed by atoms with Crippen LogP contribution < -0.4 is 25.4 Å². The number of carbonyl (C=O) groups is 2. The Kier molecular flexibility index (Phi) is 10.4. The summed E-state index contributed by atoms with van der Waals surface area (Å²) in [6.45, 7) is 2.26. The SMILES string of the molecule is CS(=O)(=O)Nc1ccc(Oc2ccc(CN3CCC(N(C(=O)Nc4ccc(CCl)c(C(N)=O)c4)c4ccccc4)CC3)cn2)cc1. The zero-order valence-electron chi connectivity index (χ0n) is 25.2. The molecular formula is C33H35ClN6O5S. The number of anilines is 3. The molecule has 4 aromatic rings. The molecule has 1 aromatic heterocycles. The highest BCUT2D eigenvalue weighted by molar-refractivity contribution is 7.92. The number of likely N-dealkylation sites (tertiary alicyclic amines) is 1. The zero-order chi connectivity index (χ0) is 32.7. The number of nitrogens with two attached hydrogens (primary N) is 1. The molecule has 3 amide bonds. The third kappa shape index (κ3) is 8.75. The van der Waals surface area contributed by atoms with Crippen molar-refractivity contribution in [2.75, 3.05) is 34.3 Å². The van der Waals surface area contributed by atoms with Gasteiger partial charge in [-0.05, 0) is 72.5 Å². The van der Waals surface area contributed by atoms with Crippen LogP contribution in [0.15, 0.2) is 91.1 Å². The van der Waals surface area contributed by atoms with Crippen LogP contribution in [0.5, 0.6) is 11.6 Å². The van der Waals surface area contributed by atoms with Gasteiger partial charge in [-0.1, -0.05) is 30.3 Å². The van der Waals surface area contributed by atoms with E-state index < -0.39 is 15.9 Å². The van der Waals surface area contributed by atoms with Gasteiger partial charge >= 0.3 is 6.03 Å². The molecule has 0 unspecified atom stereocenters. The fraction of sp³-hybridized carbons (Fsp3) is 0.242. The molecule has 1 saturated heterocycles. The monoisotopic (exact) mass is 662 g/mol. The molecular weight excluding hydrogens is 628 g/mol. The van der Waals surface area contributed by atoms with Gasteiger partial charge in [-0.15, -0.1) is 11.6 Å². The summed E-state index contributed by atoms with van der Waals surface area (Å²) in [6.07, 6.45) is 4.40. The molecule has 4 N–H and O–H groups in total. The molecule has 0 bridgehead atoms. The molecule has 13 heteroatoms. The summed E-state index contributed by atoms with van der Waals surface area (Å²) in [4.78, 5) is 34.1. The molecule has 3 aromatic carbocycles. The largest absolute Gasteiger partial charge is 0.439 e. The zero-order valence-corrected chi connectivity index (χ0v) is 26.8. The van der Waals surface area contributed by atoms with Crippen LogP contribution >= 0.6 is 11.6 Å². The molecule has 0 saturated carbocycles. The molecule has 46 heavy (non-hydrogen) atoms. The highest BCUT2D eigenvalue weighted by Crippen LogP contribution is 2.27. The number of benzene rings is 3. The minimum atomic E-state index is -3.35. The Bertz CT molecular complexity index is 1760. The normalized spacial score (nSPS) is 14.0. The first-order valence-corrected chi connectivity index (χ1v) is 17.1. The molecule has 0 radical (unpaired) electrons. The number of carbonyl (C=O) groups excluding carboxylic acids is 2. The summed E-state index contributed by atoms with van der Waals surface area (Å²) in [5, 5.41) is 2.94. The van der Waals surface area contributed by atoms with E-state index in [1.807, 2.05) is 36.4 Å². The molecule has 11 nitrogen and oxygen atoms in total. The number of hydrogen-bond donors (Lipinski definition) is 3. The Morgan fingerprint density at radius 3 is 2.30 bits per heavy atom.